The van der Waals surface area contributed by atoms with Gasteiger partial charge in [-0.15, -0.1) is 0 Å². The zero-order valence-corrected chi connectivity index (χ0v) is 9.37. The van der Waals surface area contributed by atoms with E-state index in [1.807, 2.05) is 25.1 Å². The van der Waals surface area contributed by atoms with Crippen LogP contribution >= 0.6 is 0 Å². The molecule has 2 heterocycles. The summed E-state index contributed by atoms with van der Waals surface area (Å²) in [5.41, 5.74) is 2.68. The van der Waals surface area contributed by atoms with Crippen LogP contribution in [0.1, 0.15) is 5.69 Å². The van der Waals surface area contributed by atoms with Crippen LogP contribution in [0, 0.1) is 6.92 Å². The zero-order chi connectivity index (χ0) is 12.3. The predicted octanol–water partition coefficient (Wildman–Crippen LogP) is 0.824. The van der Waals surface area contributed by atoms with E-state index in [9.17, 15) is 4.79 Å². The first-order valence-corrected chi connectivity index (χ1v) is 5.15. The monoisotopic (exact) mass is 230 g/mol. The highest BCUT2D eigenvalue weighted by Crippen LogP contribution is 2.14. The Labute approximate surface area is 98.4 Å². The summed E-state index contributed by atoms with van der Waals surface area (Å²) in [7, 11) is 0. The van der Waals surface area contributed by atoms with Gasteiger partial charge in [0, 0.05) is 23.4 Å². The number of rotatable bonds is 3. The van der Waals surface area contributed by atoms with E-state index >= 15 is 0 Å². The van der Waals surface area contributed by atoms with Gasteiger partial charge in [-0.3, -0.25) is 0 Å². The Morgan fingerprint density at radius 2 is 2.06 bits per heavy atom. The van der Waals surface area contributed by atoms with Gasteiger partial charge in [-0.2, -0.15) is 4.57 Å². The summed E-state index contributed by atoms with van der Waals surface area (Å²) in [6.07, 6.45) is 4.96. The Hall–Kier alpha value is -2.30. The van der Waals surface area contributed by atoms with Gasteiger partial charge < -0.3 is 5.11 Å². The Bertz CT molecular complexity index is 538. The van der Waals surface area contributed by atoms with Crippen molar-refractivity contribution in [2.45, 2.75) is 13.5 Å². The Morgan fingerprint density at radius 1 is 1.35 bits per heavy atom. The number of hydrogen-bond acceptors (Lipinski definition) is 3. The first-order chi connectivity index (χ1) is 8.15. The van der Waals surface area contributed by atoms with Crippen molar-refractivity contribution >= 4 is 5.97 Å². The molecule has 0 aromatic carbocycles. The molecule has 5 heteroatoms. The average Bonchev–Trinajstić information content (AvgIpc) is 2.29. The van der Waals surface area contributed by atoms with E-state index in [0.717, 1.165) is 17.0 Å². The lowest BCUT2D eigenvalue weighted by Crippen LogP contribution is -2.36. The van der Waals surface area contributed by atoms with Crippen LogP contribution in [0.2, 0.25) is 0 Å². The molecule has 86 valence electrons. The van der Waals surface area contributed by atoms with E-state index in [1.165, 1.54) is 6.33 Å². The van der Waals surface area contributed by atoms with Crippen LogP contribution in [0.15, 0.2) is 36.9 Å². The minimum atomic E-state index is -0.861. The summed E-state index contributed by atoms with van der Waals surface area (Å²) >= 11 is 0. The van der Waals surface area contributed by atoms with Crippen molar-refractivity contribution in [3.63, 3.8) is 0 Å². The fourth-order valence-electron chi connectivity index (χ4n) is 1.50. The molecule has 0 bridgehead atoms. The number of carbonyl (C=O) groups is 1. The van der Waals surface area contributed by atoms with Crippen molar-refractivity contribution in [3.8, 4) is 11.3 Å². The van der Waals surface area contributed by atoms with E-state index in [4.69, 9.17) is 5.11 Å². The quantitative estimate of drug-likeness (QED) is 0.793. The second-order valence-corrected chi connectivity index (χ2v) is 3.70. The topological polar surface area (TPSA) is 67.0 Å². The van der Waals surface area contributed by atoms with Gasteiger partial charge in [-0.25, -0.2) is 14.8 Å². The highest BCUT2D eigenvalue weighted by Gasteiger charge is 2.07. The lowest BCUT2D eigenvalue weighted by Gasteiger charge is -2.00. The number of nitrogens with zero attached hydrogens (tertiary/aromatic N) is 3. The highest BCUT2D eigenvalue weighted by molar-refractivity contribution is 5.64. The van der Waals surface area contributed by atoms with Gasteiger partial charge in [0.15, 0.2) is 12.4 Å². The molecule has 0 amide bonds. The van der Waals surface area contributed by atoms with E-state index in [2.05, 4.69) is 9.97 Å². The number of pyridine rings is 1. The smallest absolute Gasteiger partial charge is 0.370 e. The molecule has 0 saturated carbocycles. The van der Waals surface area contributed by atoms with Crippen LogP contribution in [0.25, 0.3) is 11.3 Å². The standard InChI is InChI=1S/C12H11N3O2/c1-9-6-11(14-8-13-9)10-2-4-15(5-3-10)7-12(16)17/h2-6,8H,7H2,1H3/p+1. The first kappa shape index (κ1) is 11.2. The molecule has 0 aliphatic carbocycles. The van der Waals surface area contributed by atoms with E-state index < -0.39 is 5.97 Å². The van der Waals surface area contributed by atoms with Crippen molar-refractivity contribution in [2.24, 2.45) is 0 Å². The van der Waals surface area contributed by atoms with Crippen molar-refractivity contribution < 1.29 is 14.5 Å². The zero-order valence-electron chi connectivity index (χ0n) is 9.37. The van der Waals surface area contributed by atoms with Gasteiger partial charge in [-0.05, 0) is 13.0 Å². The lowest BCUT2D eigenvalue weighted by atomic mass is 10.2. The van der Waals surface area contributed by atoms with Gasteiger partial charge >= 0.3 is 5.97 Å². The minimum absolute atomic E-state index is 0.0386. The molecule has 0 saturated heterocycles. The molecule has 0 radical (unpaired) electrons. The third-order valence-electron chi connectivity index (χ3n) is 2.31. The molecule has 5 nitrogen and oxygen atoms in total. The summed E-state index contributed by atoms with van der Waals surface area (Å²) in [5.74, 6) is -0.861. The molecular formula is C12H12N3O2+. The van der Waals surface area contributed by atoms with Crippen molar-refractivity contribution in [3.05, 3.63) is 42.6 Å². The maximum atomic E-state index is 10.5. The SMILES string of the molecule is Cc1cc(-c2cc[n+](CC(=O)O)cc2)ncn1. The Morgan fingerprint density at radius 3 is 2.65 bits per heavy atom. The maximum absolute atomic E-state index is 10.5. The Balaban J connectivity index is 2.26. The molecule has 0 spiro atoms. The lowest BCUT2D eigenvalue weighted by molar-refractivity contribution is -0.685. The molecule has 0 fully saturated rings. The molecule has 0 unspecified atom stereocenters. The summed E-state index contributed by atoms with van der Waals surface area (Å²) in [5, 5.41) is 8.65. The van der Waals surface area contributed by atoms with Crippen molar-refractivity contribution in [1.29, 1.82) is 0 Å². The van der Waals surface area contributed by atoms with Crippen LogP contribution in [-0.2, 0) is 11.3 Å². The second-order valence-electron chi connectivity index (χ2n) is 3.70. The van der Waals surface area contributed by atoms with Crippen molar-refractivity contribution in [2.75, 3.05) is 0 Å². The van der Waals surface area contributed by atoms with Crippen molar-refractivity contribution in [1.82, 2.24) is 9.97 Å². The maximum Gasteiger partial charge on any atom is 0.370 e. The fraction of sp³-hybridized carbons (Fsp3) is 0.167. The molecule has 0 atom stereocenters. The van der Waals surface area contributed by atoms with Crippen LogP contribution in [0.4, 0.5) is 0 Å². The van der Waals surface area contributed by atoms with Crippen LogP contribution < -0.4 is 4.57 Å². The fourth-order valence-corrected chi connectivity index (χ4v) is 1.50. The summed E-state index contributed by atoms with van der Waals surface area (Å²) < 4.78 is 1.60. The first-order valence-electron chi connectivity index (χ1n) is 5.15. The number of hydrogen-bond donors (Lipinski definition) is 1. The van der Waals surface area contributed by atoms with Crippen LogP contribution in [0.3, 0.4) is 0 Å². The number of aromatic nitrogens is 3. The Kier molecular flexibility index (Phi) is 3.09. The summed E-state index contributed by atoms with van der Waals surface area (Å²) in [4.78, 5) is 18.7. The van der Waals surface area contributed by atoms with E-state index in [1.54, 1.807) is 17.0 Å². The normalized spacial score (nSPS) is 10.2. The molecule has 2 aromatic heterocycles. The highest BCUT2D eigenvalue weighted by atomic mass is 16.4. The molecule has 1 N–H and O–H groups in total. The summed E-state index contributed by atoms with van der Waals surface area (Å²) in [6, 6.07) is 5.56. The van der Waals surface area contributed by atoms with Gasteiger partial charge in [-0.1, -0.05) is 0 Å². The molecular weight excluding hydrogens is 218 g/mol. The van der Waals surface area contributed by atoms with E-state index in [0.29, 0.717) is 0 Å². The molecule has 0 aliphatic heterocycles. The number of aliphatic carboxylic acids is 1. The van der Waals surface area contributed by atoms with E-state index in [-0.39, 0.29) is 6.54 Å². The predicted molar refractivity (Wildman–Crippen MR) is 60.0 cm³/mol. The van der Waals surface area contributed by atoms with Crippen LogP contribution in [0.5, 0.6) is 0 Å². The van der Waals surface area contributed by atoms with Gasteiger partial charge in [0.2, 0.25) is 6.54 Å². The third-order valence-corrected chi connectivity index (χ3v) is 2.31. The number of aryl methyl sites for hydroxylation is 1. The van der Waals surface area contributed by atoms with Crippen LogP contribution in [-0.4, -0.2) is 21.0 Å². The van der Waals surface area contributed by atoms with Gasteiger partial charge in [0.05, 0.1) is 5.69 Å². The molecule has 2 rings (SSSR count). The second kappa shape index (κ2) is 4.69. The molecule has 0 aliphatic rings. The average molecular weight is 230 g/mol. The summed E-state index contributed by atoms with van der Waals surface area (Å²) in [6.45, 7) is 1.86. The molecule has 2 aromatic rings. The number of carboxylic acid groups (broad SMARTS) is 1. The largest absolute Gasteiger partial charge is 0.477 e. The minimum Gasteiger partial charge on any atom is -0.477 e. The van der Waals surface area contributed by atoms with Gasteiger partial charge in [0.1, 0.15) is 6.33 Å². The number of carboxylic acids is 1. The third kappa shape index (κ3) is 2.84. The van der Waals surface area contributed by atoms with Gasteiger partial charge in [0.25, 0.3) is 0 Å². The molecule has 17 heavy (non-hydrogen) atoms.